The molecular formula is C18H15FO3S. The molecular weight excluding hydrogens is 315 g/mol. The maximum atomic E-state index is 13.1. The highest BCUT2D eigenvalue weighted by Crippen LogP contribution is 2.35. The Kier molecular flexibility index (Phi) is 4.98. The van der Waals surface area contributed by atoms with Gasteiger partial charge in [0.15, 0.2) is 11.5 Å². The lowest BCUT2D eigenvalue weighted by atomic mass is 10.1. The maximum absolute atomic E-state index is 13.1. The number of halogens is 1. The van der Waals surface area contributed by atoms with E-state index in [4.69, 9.17) is 8.83 Å². The van der Waals surface area contributed by atoms with E-state index in [-0.39, 0.29) is 23.3 Å². The number of thioether (sulfide) groups is 1. The number of rotatable bonds is 7. The van der Waals surface area contributed by atoms with Gasteiger partial charge in [0.1, 0.15) is 11.6 Å². The lowest BCUT2D eigenvalue weighted by molar-refractivity contribution is 0.0955. The van der Waals surface area contributed by atoms with Crippen LogP contribution in [-0.4, -0.2) is 5.78 Å². The normalized spacial score (nSPS) is 12.2. The third-order valence-electron chi connectivity index (χ3n) is 3.42. The van der Waals surface area contributed by atoms with Crippen LogP contribution in [0.3, 0.4) is 0 Å². The van der Waals surface area contributed by atoms with Crippen LogP contribution in [-0.2, 0) is 5.75 Å². The predicted octanol–water partition coefficient (Wildman–Crippen LogP) is 5.26. The van der Waals surface area contributed by atoms with Crippen LogP contribution in [0.2, 0.25) is 0 Å². The third-order valence-corrected chi connectivity index (χ3v) is 4.71. The van der Waals surface area contributed by atoms with Gasteiger partial charge >= 0.3 is 0 Å². The maximum Gasteiger partial charge on any atom is 0.199 e. The van der Waals surface area contributed by atoms with Gasteiger partial charge in [0.05, 0.1) is 18.3 Å². The first-order valence-corrected chi connectivity index (χ1v) is 8.23. The van der Waals surface area contributed by atoms with Gasteiger partial charge in [-0.2, -0.15) is 0 Å². The fourth-order valence-corrected chi connectivity index (χ4v) is 3.38. The fraction of sp³-hybridized carbons (Fsp3) is 0.167. The molecule has 0 aliphatic heterocycles. The molecule has 118 valence electrons. The molecule has 0 amide bonds. The molecule has 0 spiro atoms. The van der Waals surface area contributed by atoms with Gasteiger partial charge in [0.25, 0.3) is 0 Å². The van der Waals surface area contributed by atoms with Gasteiger partial charge in [-0.15, -0.1) is 11.8 Å². The molecule has 3 nitrogen and oxygen atoms in total. The Balaban J connectivity index is 1.74. The average Bonchev–Trinajstić information content (AvgIpc) is 3.25. The molecule has 3 rings (SSSR count). The molecule has 0 bridgehead atoms. The molecule has 0 aliphatic rings. The molecule has 23 heavy (non-hydrogen) atoms. The van der Waals surface area contributed by atoms with E-state index in [1.165, 1.54) is 18.4 Å². The topological polar surface area (TPSA) is 43.4 Å². The number of carbonyl (C=O) groups excluding carboxylic acids is 1. The minimum atomic E-state index is -0.291. The van der Waals surface area contributed by atoms with Crippen LogP contribution < -0.4 is 0 Å². The minimum absolute atomic E-state index is 0.0729. The molecule has 0 fully saturated rings. The molecule has 0 N–H and O–H groups in total. The highest BCUT2D eigenvalue weighted by Gasteiger charge is 2.20. The van der Waals surface area contributed by atoms with Crippen LogP contribution in [0, 0.1) is 5.82 Å². The lowest BCUT2D eigenvalue weighted by Gasteiger charge is -2.15. The minimum Gasteiger partial charge on any atom is -0.468 e. The highest BCUT2D eigenvalue weighted by molar-refractivity contribution is 7.98. The second kappa shape index (κ2) is 7.33. The monoisotopic (exact) mass is 330 g/mol. The van der Waals surface area contributed by atoms with Gasteiger partial charge in [0.2, 0.25) is 0 Å². The first-order chi connectivity index (χ1) is 11.2. The van der Waals surface area contributed by atoms with Crippen molar-refractivity contribution in [2.45, 2.75) is 17.4 Å². The van der Waals surface area contributed by atoms with Gasteiger partial charge in [-0.05, 0) is 42.0 Å². The third kappa shape index (κ3) is 4.13. The Morgan fingerprint density at radius 1 is 1.04 bits per heavy atom. The van der Waals surface area contributed by atoms with Gasteiger partial charge in [-0.3, -0.25) is 4.79 Å². The Morgan fingerprint density at radius 3 is 2.43 bits per heavy atom. The highest BCUT2D eigenvalue weighted by atomic mass is 32.2. The summed E-state index contributed by atoms with van der Waals surface area (Å²) >= 11 is 1.59. The summed E-state index contributed by atoms with van der Waals surface area (Å²) in [5, 5.41) is -0.0988. The summed E-state index contributed by atoms with van der Waals surface area (Å²) in [7, 11) is 0. The van der Waals surface area contributed by atoms with E-state index >= 15 is 0 Å². The van der Waals surface area contributed by atoms with E-state index in [1.54, 1.807) is 42.3 Å². The van der Waals surface area contributed by atoms with Crippen LogP contribution in [0.5, 0.6) is 0 Å². The number of benzene rings is 1. The average molecular weight is 330 g/mol. The van der Waals surface area contributed by atoms with E-state index in [2.05, 4.69) is 0 Å². The van der Waals surface area contributed by atoms with Crippen molar-refractivity contribution in [3.05, 3.63) is 84.0 Å². The van der Waals surface area contributed by atoms with Gasteiger partial charge < -0.3 is 8.83 Å². The summed E-state index contributed by atoms with van der Waals surface area (Å²) in [5.41, 5.74) is 0.905. The largest absolute Gasteiger partial charge is 0.468 e. The quantitative estimate of drug-likeness (QED) is 0.554. The van der Waals surface area contributed by atoms with Crippen LogP contribution in [0.4, 0.5) is 4.39 Å². The van der Waals surface area contributed by atoms with Crippen molar-refractivity contribution in [2.75, 3.05) is 0 Å². The van der Waals surface area contributed by atoms with Crippen LogP contribution in [0.1, 0.15) is 33.5 Å². The van der Waals surface area contributed by atoms with Crippen LogP contribution in [0.15, 0.2) is 69.9 Å². The molecule has 1 aromatic carbocycles. The molecule has 1 atom stereocenters. The standard InChI is InChI=1S/C18H15FO3S/c19-14-7-5-13(6-8-14)18(23-12-15-3-1-9-21-15)11-16(20)17-4-2-10-22-17/h1-10,18H,11-12H2. The van der Waals surface area contributed by atoms with E-state index in [9.17, 15) is 9.18 Å². The molecule has 0 saturated heterocycles. The molecule has 0 radical (unpaired) electrons. The number of hydrogen-bond donors (Lipinski definition) is 0. The van der Waals surface area contributed by atoms with Crippen molar-refractivity contribution in [3.8, 4) is 0 Å². The van der Waals surface area contributed by atoms with Crippen molar-refractivity contribution in [2.24, 2.45) is 0 Å². The number of furan rings is 2. The summed E-state index contributed by atoms with van der Waals surface area (Å²) in [6.45, 7) is 0. The molecule has 2 aromatic heterocycles. The second-order valence-electron chi connectivity index (χ2n) is 5.04. The SMILES string of the molecule is O=C(CC(SCc1ccco1)c1ccc(F)cc1)c1ccco1. The van der Waals surface area contributed by atoms with Crippen LogP contribution >= 0.6 is 11.8 Å². The number of carbonyl (C=O) groups is 1. The number of hydrogen-bond acceptors (Lipinski definition) is 4. The summed E-state index contributed by atoms with van der Waals surface area (Å²) in [5.74, 6) is 1.46. The fourth-order valence-electron chi connectivity index (χ4n) is 2.23. The van der Waals surface area contributed by atoms with E-state index < -0.39 is 0 Å². The summed E-state index contributed by atoms with van der Waals surface area (Å²) in [6.07, 6.45) is 3.39. The lowest BCUT2D eigenvalue weighted by Crippen LogP contribution is -2.05. The van der Waals surface area contributed by atoms with E-state index in [0.29, 0.717) is 11.5 Å². The predicted molar refractivity (Wildman–Crippen MR) is 86.8 cm³/mol. The zero-order chi connectivity index (χ0) is 16.1. The van der Waals surface area contributed by atoms with Crippen molar-refractivity contribution < 1.29 is 18.0 Å². The van der Waals surface area contributed by atoms with Crippen molar-refractivity contribution >= 4 is 17.5 Å². The number of ketones is 1. The zero-order valence-corrected chi connectivity index (χ0v) is 13.1. The van der Waals surface area contributed by atoms with Crippen LogP contribution in [0.25, 0.3) is 0 Å². The van der Waals surface area contributed by atoms with E-state index in [1.807, 2.05) is 12.1 Å². The van der Waals surface area contributed by atoms with Gasteiger partial charge in [0, 0.05) is 11.7 Å². The Hall–Kier alpha value is -2.27. The molecule has 5 heteroatoms. The summed E-state index contributed by atoms with van der Waals surface area (Å²) in [6, 6.07) is 13.3. The first kappa shape index (κ1) is 15.6. The van der Waals surface area contributed by atoms with Gasteiger partial charge in [-0.25, -0.2) is 4.39 Å². The van der Waals surface area contributed by atoms with E-state index in [0.717, 1.165) is 11.3 Å². The second-order valence-corrected chi connectivity index (χ2v) is 6.23. The molecule has 1 unspecified atom stereocenters. The van der Waals surface area contributed by atoms with Crippen molar-refractivity contribution in [1.82, 2.24) is 0 Å². The van der Waals surface area contributed by atoms with Gasteiger partial charge in [-0.1, -0.05) is 12.1 Å². The van der Waals surface area contributed by atoms with Crippen molar-refractivity contribution in [1.29, 1.82) is 0 Å². The molecule has 0 aliphatic carbocycles. The summed E-state index contributed by atoms with van der Waals surface area (Å²) < 4.78 is 23.6. The zero-order valence-electron chi connectivity index (χ0n) is 12.3. The molecule has 2 heterocycles. The molecule has 0 saturated carbocycles. The summed E-state index contributed by atoms with van der Waals surface area (Å²) in [4.78, 5) is 12.3. The van der Waals surface area contributed by atoms with Crippen molar-refractivity contribution in [3.63, 3.8) is 0 Å². The molecule has 3 aromatic rings. The first-order valence-electron chi connectivity index (χ1n) is 7.18. The Morgan fingerprint density at radius 2 is 1.78 bits per heavy atom. The Bertz CT molecular complexity index is 733. The Labute approximate surface area is 137 Å². The smallest absolute Gasteiger partial charge is 0.199 e. The number of Topliss-reactive ketones (excluding diaryl/α,β-unsaturated/α-hetero) is 1.